The number of nitrogens with one attached hydrogen (secondary N) is 3. The van der Waals surface area contributed by atoms with Gasteiger partial charge in [0.05, 0.1) is 0 Å². The summed E-state index contributed by atoms with van der Waals surface area (Å²) in [7, 11) is 3.98. The van der Waals surface area contributed by atoms with Gasteiger partial charge in [0.1, 0.15) is 0 Å². The number of aromatic nitrogens is 5. The normalized spacial score (nSPS) is 13.3. The van der Waals surface area contributed by atoms with Crippen LogP contribution in [0.3, 0.4) is 0 Å². The predicted molar refractivity (Wildman–Crippen MR) is 110 cm³/mol. The lowest BCUT2D eigenvalue weighted by molar-refractivity contribution is 0.0917. The molecule has 0 aliphatic heterocycles. The molecule has 2 heterocycles. The minimum absolute atomic E-state index is 0.0281. The number of amides is 1. The van der Waals surface area contributed by atoms with Gasteiger partial charge in [0, 0.05) is 24.7 Å². The fourth-order valence-electron chi connectivity index (χ4n) is 2.55. The molecule has 2 aromatic heterocycles. The van der Waals surface area contributed by atoms with E-state index >= 15 is 0 Å². The third-order valence-electron chi connectivity index (χ3n) is 4.26. The number of anilines is 3. The molecule has 1 fully saturated rings. The van der Waals surface area contributed by atoms with Crippen molar-refractivity contribution >= 4 is 23.8 Å². The van der Waals surface area contributed by atoms with E-state index in [1.54, 1.807) is 0 Å². The fraction of sp³-hybridized carbons (Fsp3) is 0.368. The molecular weight excluding hydrogens is 386 g/mol. The van der Waals surface area contributed by atoms with Crippen LogP contribution in [0.15, 0.2) is 34.7 Å². The van der Waals surface area contributed by atoms with Crippen LogP contribution in [0.1, 0.15) is 23.5 Å². The molecule has 1 amide bonds. The second-order valence-corrected chi connectivity index (χ2v) is 7.19. The molecule has 3 aromatic rings. The summed E-state index contributed by atoms with van der Waals surface area (Å²) in [5.41, 5.74) is 0.841. The van der Waals surface area contributed by atoms with Gasteiger partial charge in [0.25, 0.3) is 0 Å². The van der Waals surface area contributed by atoms with E-state index in [9.17, 15) is 4.79 Å². The van der Waals surface area contributed by atoms with Crippen molar-refractivity contribution < 1.29 is 9.21 Å². The largest absolute Gasteiger partial charge is 0.399 e. The lowest BCUT2D eigenvalue weighted by atomic mass is 10.2. The molecule has 1 aliphatic rings. The Morgan fingerprint density at radius 2 is 1.87 bits per heavy atom. The van der Waals surface area contributed by atoms with E-state index in [0.29, 0.717) is 18.3 Å². The zero-order valence-corrected chi connectivity index (χ0v) is 16.8. The van der Waals surface area contributed by atoms with Gasteiger partial charge in [0.2, 0.25) is 11.9 Å². The molecule has 0 radical (unpaired) electrons. The molecule has 11 nitrogen and oxygen atoms in total. The van der Waals surface area contributed by atoms with E-state index in [4.69, 9.17) is 4.42 Å². The Hall–Kier alpha value is -3.60. The molecule has 0 spiro atoms. The number of benzene rings is 1. The van der Waals surface area contributed by atoms with Crippen LogP contribution >= 0.6 is 0 Å². The van der Waals surface area contributed by atoms with Crippen LogP contribution in [0.2, 0.25) is 0 Å². The van der Waals surface area contributed by atoms with Crippen LogP contribution in [0.4, 0.5) is 17.9 Å². The maximum Gasteiger partial charge on any atom is 0.322 e. The highest BCUT2D eigenvalue weighted by atomic mass is 16.4. The van der Waals surface area contributed by atoms with Gasteiger partial charge in [0.15, 0.2) is 5.82 Å². The average molecular weight is 409 g/mol. The molecule has 0 atom stereocenters. The molecule has 0 bridgehead atoms. The van der Waals surface area contributed by atoms with Crippen LogP contribution in [-0.4, -0.2) is 69.2 Å². The number of hydrogen-bond acceptors (Lipinski definition) is 10. The van der Waals surface area contributed by atoms with Gasteiger partial charge in [-0.3, -0.25) is 10.1 Å². The first kappa shape index (κ1) is 19.7. The molecule has 30 heavy (non-hydrogen) atoms. The Kier molecular flexibility index (Phi) is 5.80. The Labute approximate surface area is 173 Å². The summed E-state index contributed by atoms with van der Waals surface area (Å²) in [4.78, 5) is 27.4. The van der Waals surface area contributed by atoms with Crippen LogP contribution in [-0.2, 0) is 0 Å². The molecule has 1 aromatic carbocycles. The minimum atomic E-state index is -0.385. The first-order valence-corrected chi connectivity index (χ1v) is 9.68. The molecular formula is C19H23N9O2. The summed E-state index contributed by atoms with van der Waals surface area (Å²) in [6.45, 7) is 1.48. The smallest absolute Gasteiger partial charge is 0.322 e. The highest BCUT2D eigenvalue weighted by Crippen LogP contribution is 2.21. The van der Waals surface area contributed by atoms with E-state index in [2.05, 4.69) is 46.0 Å². The first-order valence-electron chi connectivity index (χ1n) is 9.68. The topological polar surface area (TPSA) is 134 Å². The number of nitrogens with zero attached hydrogens (tertiary/aromatic N) is 6. The second kappa shape index (κ2) is 8.82. The first-order chi connectivity index (χ1) is 14.6. The van der Waals surface area contributed by atoms with E-state index in [1.165, 1.54) is 0 Å². The van der Waals surface area contributed by atoms with Crippen LogP contribution in [0.25, 0.3) is 11.4 Å². The predicted octanol–water partition coefficient (Wildman–Crippen LogP) is 1.53. The van der Waals surface area contributed by atoms with Crippen molar-refractivity contribution in [2.45, 2.75) is 18.9 Å². The highest BCUT2D eigenvalue weighted by molar-refractivity contribution is 5.90. The molecule has 156 valence electrons. The fourth-order valence-corrected chi connectivity index (χ4v) is 2.55. The zero-order valence-electron chi connectivity index (χ0n) is 16.8. The van der Waals surface area contributed by atoms with E-state index < -0.39 is 0 Å². The zero-order chi connectivity index (χ0) is 20.9. The van der Waals surface area contributed by atoms with Gasteiger partial charge >= 0.3 is 17.8 Å². The molecule has 4 rings (SSSR count). The Balaban J connectivity index is 1.53. The summed E-state index contributed by atoms with van der Waals surface area (Å²) in [6, 6.07) is 9.80. The molecule has 11 heteroatoms. The monoisotopic (exact) mass is 409 g/mol. The van der Waals surface area contributed by atoms with Crippen LogP contribution < -0.4 is 16.0 Å². The Bertz CT molecular complexity index is 1000. The third-order valence-corrected chi connectivity index (χ3v) is 4.26. The van der Waals surface area contributed by atoms with Gasteiger partial charge in [-0.2, -0.15) is 15.0 Å². The van der Waals surface area contributed by atoms with Crippen molar-refractivity contribution in [1.29, 1.82) is 0 Å². The molecule has 3 N–H and O–H groups in total. The number of carbonyl (C=O) groups excluding carboxylic acids is 1. The third kappa shape index (κ3) is 5.26. The Morgan fingerprint density at radius 3 is 2.60 bits per heavy atom. The summed E-state index contributed by atoms with van der Waals surface area (Å²) < 4.78 is 5.40. The maximum absolute atomic E-state index is 12.0. The van der Waals surface area contributed by atoms with E-state index in [0.717, 1.165) is 24.9 Å². The molecule has 0 unspecified atom stereocenters. The van der Waals surface area contributed by atoms with E-state index in [-0.39, 0.29) is 29.8 Å². The van der Waals surface area contributed by atoms with Gasteiger partial charge < -0.3 is 20.0 Å². The lowest BCUT2D eigenvalue weighted by Crippen LogP contribution is -2.25. The van der Waals surface area contributed by atoms with Crippen molar-refractivity contribution in [2.24, 2.45) is 0 Å². The van der Waals surface area contributed by atoms with E-state index in [1.807, 2.05) is 44.4 Å². The molecule has 0 saturated heterocycles. The number of rotatable bonds is 9. The number of hydrogen-bond donors (Lipinski definition) is 3. The maximum atomic E-state index is 12.0. The van der Waals surface area contributed by atoms with Crippen molar-refractivity contribution in [1.82, 2.24) is 35.4 Å². The van der Waals surface area contributed by atoms with Gasteiger partial charge in [-0.15, -0.1) is 5.10 Å². The minimum Gasteiger partial charge on any atom is -0.399 e. The average Bonchev–Trinajstić information content (AvgIpc) is 3.43. The van der Waals surface area contributed by atoms with Gasteiger partial charge in [-0.25, -0.2) is 0 Å². The van der Waals surface area contributed by atoms with Crippen molar-refractivity contribution in [2.75, 3.05) is 37.8 Å². The Morgan fingerprint density at radius 1 is 1.10 bits per heavy atom. The number of likely N-dealkylation sites (N-methyl/N-ethyl adjacent to an activating group) is 1. The van der Waals surface area contributed by atoms with Crippen LogP contribution in [0.5, 0.6) is 0 Å². The SMILES string of the molecule is CN(C)CCNc1nc(Nc2nnc(C(=O)NC3CC3)o2)nc(-c2ccccc2)n1. The summed E-state index contributed by atoms with van der Waals surface area (Å²) in [5.74, 6) is 0.649. The van der Waals surface area contributed by atoms with Crippen LogP contribution in [0, 0.1) is 0 Å². The van der Waals surface area contributed by atoms with Crippen molar-refractivity contribution in [3.8, 4) is 11.4 Å². The highest BCUT2D eigenvalue weighted by Gasteiger charge is 2.26. The van der Waals surface area contributed by atoms with Crippen molar-refractivity contribution in [3.05, 3.63) is 36.2 Å². The number of carbonyl (C=O) groups is 1. The molecule has 1 saturated carbocycles. The lowest BCUT2D eigenvalue weighted by Gasteiger charge is -2.11. The quantitative estimate of drug-likeness (QED) is 0.477. The molecule has 1 aliphatic carbocycles. The second-order valence-electron chi connectivity index (χ2n) is 7.19. The van der Waals surface area contributed by atoms with Crippen molar-refractivity contribution in [3.63, 3.8) is 0 Å². The summed E-state index contributed by atoms with van der Waals surface area (Å²) in [5, 5.41) is 16.5. The standard InChI is InChI=1S/C19H23N9O2/c1-28(2)11-10-20-17-22-14(12-6-4-3-5-7-12)23-18(24-17)25-19-27-26-16(30-19)15(29)21-13-8-9-13/h3-7,13H,8-11H2,1-2H3,(H,21,29)(H2,20,22,23,24,25,27). The van der Waals surface area contributed by atoms with Gasteiger partial charge in [-0.05, 0) is 26.9 Å². The summed E-state index contributed by atoms with van der Waals surface area (Å²) >= 11 is 0. The van der Waals surface area contributed by atoms with Gasteiger partial charge in [-0.1, -0.05) is 35.4 Å². The summed E-state index contributed by atoms with van der Waals surface area (Å²) in [6.07, 6.45) is 1.95.